The van der Waals surface area contributed by atoms with Crippen molar-refractivity contribution in [3.63, 3.8) is 0 Å². The van der Waals surface area contributed by atoms with E-state index in [9.17, 15) is 8.42 Å². The van der Waals surface area contributed by atoms with Gasteiger partial charge in [0.25, 0.3) is 10.0 Å². The topological polar surface area (TPSA) is 63.6 Å². The summed E-state index contributed by atoms with van der Waals surface area (Å²) in [5.41, 5.74) is 1.85. The van der Waals surface area contributed by atoms with Crippen LogP contribution in [0.2, 0.25) is 5.02 Å². The number of para-hydroxylation sites is 1. The highest BCUT2D eigenvalue weighted by Crippen LogP contribution is 2.37. The smallest absolute Gasteiger partial charge is 0.269 e. The van der Waals surface area contributed by atoms with E-state index in [0.29, 0.717) is 38.3 Å². The quantitative estimate of drug-likeness (QED) is 0.506. The van der Waals surface area contributed by atoms with Gasteiger partial charge in [-0.3, -0.25) is 0 Å². The fourth-order valence-corrected chi connectivity index (χ4v) is 6.20. The number of allylic oxidation sites excluding steroid dienone is 1. The molecule has 1 N–H and O–H groups in total. The van der Waals surface area contributed by atoms with E-state index in [0.717, 1.165) is 5.70 Å². The average Bonchev–Trinajstić information content (AvgIpc) is 2.99. The van der Waals surface area contributed by atoms with E-state index >= 15 is 0 Å². The van der Waals surface area contributed by atoms with Crippen LogP contribution < -0.4 is 10.1 Å². The minimum atomic E-state index is -3.95. The van der Waals surface area contributed by atoms with Gasteiger partial charge >= 0.3 is 0 Å². The van der Waals surface area contributed by atoms with Gasteiger partial charge in [-0.15, -0.1) is 0 Å². The lowest BCUT2D eigenvalue weighted by molar-refractivity contribution is 0.414. The maximum atomic E-state index is 13.8. The number of nitrogens with zero attached hydrogens (tertiary/aromatic N) is 2. The SMILES string of the molecule is CN/C(=C/N(C)C)Cc1c(Cl)c2ccccc2n1S(=O)(=O)c1ccc(OC)cc1Br. The maximum absolute atomic E-state index is 13.8. The zero-order valence-electron chi connectivity index (χ0n) is 17.1. The normalized spacial score (nSPS) is 12.3. The minimum Gasteiger partial charge on any atom is -0.497 e. The molecule has 9 heteroatoms. The summed E-state index contributed by atoms with van der Waals surface area (Å²) in [5, 5.41) is 4.22. The number of hydrogen-bond donors (Lipinski definition) is 1. The summed E-state index contributed by atoms with van der Waals surface area (Å²) in [5.74, 6) is 0.558. The van der Waals surface area contributed by atoms with Gasteiger partial charge in [0, 0.05) is 49.3 Å². The standard InChI is InChI=1S/C21H23BrClN3O3S/c1-24-14(13-25(2)3)11-19-21(23)16-7-5-6-8-18(16)26(19)30(27,28)20-10-9-15(29-4)12-17(20)22/h5-10,12-13,24H,11H2,1-4H3/b14-13+. The molecular weight excluding hydrogens is 490 g/mol. The molecule has 0 fully saturated rings. The molecule has 0 atom stereocenters. The van der Waals surface area contributed by atoms with Crippen LogP contribution in [0.5, 0.6) is 5.75 Å². The average molecular weight is 513 g/mol. The summed E-state index contributed by atoms with van der Waals surface area (Å²) in [6.07, 6.45) is 2.21. The first kappa shape index (κ1) is 22.5. The monoisotopic (exact) mass is 511 g/mol. The Morgan fingerprint density at radius 2 is 1.97 bits per heavy atom. The molecule has 3 rings (SSSR count). The highest BCUT2D eigenvalue weighted by Gasteiger charge is 2.28. The molecule has 0 aliphatic rings. The van der Waals surface area contributed by atoms with Crippen molar-refractivity contribution in [1.82, 2.24) is 14.2 Å². The Morgan fingerprint density at radius 1 is 1.27 bits per heavy atom. The van der Waals surface area contributed by atoms with E-state index in [1.807, 2.05) is 37.3 Å². The molecule has 1 aromatic heterocycles. The van der Waals surface area contributed by atoms with Crippen LogP contribution in [0.4, 0.5) is 0 Å². The number of aromatic nitrogens is 1. The molecule has 1 heterocycles. The van der Waals surface area contributed by atoms with E-state index < -0.39 is 10.0 Å². The van der Waals surface area contributed by atoms with Gasteiger partial charge in [0.15, 0.2) is 0 Å². The number of benzene rings is 2. The first-order valence-corrected chi connectivity index (χ1v) is 11.7. The van der Waals surface area contributed by atoms with Crippen molar-refractivity contribution in [2.45, 2.75) is 11.3 Å². The third kappa shape index (κ3) is 4.17. The highest BCUT2D eigenvalue weighted by molar-refractivity contribution is 9.10. The summed E-state index contributed by atoms with van der Waals surface area (Å²) in [6.45, 7) is 0. The molecule has 0 aliphatic carbocycles. The van der Waals surface area contributed by atoms with Crippen molar-refractivity contribution in [1.29, 1.82) is 0 Å². The third-order valence-corrected chi connectivity index (χ3v) is 7.76. The molecule has 0 amide bonds. The van der Waals surface area contributed by atoms with Gasteiger partial charge in [-0.05, 0) is 40.2 Å². The van der Waals surface area contributed by atoms with Crippen molar-refractivity contribution in [2.75, 3.05) is 28.3 Å². The van der Waals surface area contributed by atoms with E-state index in [-0.39, 0.29) is 4.90 Å². The lowest BCUT2D eigenvalue weighted by Crippen LogP contribution is -2.20. The number of rotatable bonds is 7. The molecule has 0 unspecified atom stereocenters. The lowest BCUT2D eigenvalue weighted by Gasteiger charge is -2.16. The molecular formula is C21H23BrClN3O3S. The number of nitrogens with one attached hydrogen (secondary N) is 1. The van der Waals surface area contributed by atoms with Crippen LogP contribution in [-0.4, -0.2) is 45.5 Å². The second-order valence-electron chi connectivity index (χ2n) is 6.89. The minimum absolute atomic E-state index is 0.129. The van der Waals surface area contributed by atoms with Gasteiger partial charge in [-0.1, -0.05) is 29.8 Å². The van der Waals surface area contributed by atoms with E-state index in [4.69, 9.17) is 16.3 Å². The van der Waals surface area contributed by atoms with Crippen LogP contribution in [0.3, 0.4) is 0 Å². The molecule has 2 aromatic carbocycles. The Balaban J connectivity index is 2.29. The van der Waals surface area contributed by atoms with Gasteiger partial charge < -0.3 is 15.0 Å². The fourth-order valence-electron chi connectivity index (χ4n) is 3.26. The molecule has 0 spiro atoms. The van der Waals surface area contributed by atoms with Crippen LogP contribution in [0.1, 0.15) is 5.69 Å². The van der Waals surface area contributed by atoms with Crippen molar-refractivity contribution in [3.8, 4) is 5.75 Å². The molecule has 30 heavy (non-hydrogen) atoms. The first-order chi connectivity index (χ1) is 14.2. The Bertz CT molecular complexity index is 1220. The third-order valence-electron chi connectivity index (χ3n) is 4.61. The van der Waals surface area contributed by atoms with Crippen molar-refractivity contribution < 1.29 is 13.2 Å². The predicted molar refractivity (Wildman–Crippen MR) is 125 cm³/mol. The second kappa shape index (κ2) is 8.91. The molecule has 0 saturated carbocycles. The highest BCUT2D eigenvalue weighted by atomic mass is 79.9. The van der Waals surface area contributed by atoms with E-state index in [2.05, 4.69) is 21.2 Å². The second-order valence-corrected chi connectivity index (χ2v) is 9.88. The number of fused-ring (bicyclic) bond motifs is 1. The molecule has 0 bridgehead atoms. The van der Waals surface area contributed by atoms with Crippen molar-refractivity contribution in [3.05, 3.63) is 69.6 Å². The van der Waals surface area contributed by atoms with Crippen LogP contribution in [0.25, 0.3) is 10.9 Å². The number of hydrogen-bond acceptors (Lipinski definition) is 5. The number of likely N-dealkylation sites (N-methyl/N-ethyl adjacent to an activating group) is 1. The molecule has 0 aliphatic heterocycles. The summed E-state index contributed by atoms with van der Waals surface area (Å²) < 4.78 is 34.5. The first-order valence-electron chi connectivity index (χ1n) is 9.12. The predicted octanol–water partition coefficient (Wildman–Crippen LogP) is 4.47. The van der Waals surface area contributed by atoms with Crippen LogP contribution in [0.15, 0.2) is 63.7 Å². The molecule has 0 saturated heterocycles. The molecule has 0 radical (unpaired) electrons. The zero-order valence-corrected chi connectivity index (χ0v) is 20.3. The molecule has 3 aromatic rings. The molecule has 160 valence electrons. The van der Waals surface area contributed by atoms with E-state index in [1.54, 1.807) is 31.3 Å². The van der Waals surface area contributed by atoms with Gasteiger partial charge in [0.2, 0.25) is 0 Å². The summed E-state index contributed by atoms with van der Waals surface area (Å²) in [7, 11) is 3.18. The summed E-state index contributed by atoms with van der Waals surface area (Å²) >= 11 is 10.1. The summed E-state index contributed by atoms with van der Waals surface area (Å²) in [4.78, 5) is 2.02. The van der Waals surface area contributed by atoms with Crippen LogP contribution in [-0.2, 0) is 16.4 Å². The van der Waals surface area contributed by atoms with Crippen molar-refractivity contribution in [2.24, 2.45) is 0 Å². The molecule has 6 nitrogen and oxygen atoms in total. The Labute approximate surface area is 190 Å². The van der Waals surface area contributed by atoms with Crippen LogP contribution in [0, 0.1) is 0 Å². The lowest BCUT2D eigenvalue weighted by atomic mass is 10.2. The fraction of sp³-hybridized carbons (Fsp3) is 0.238. The van der Waals surface area contributed by atoms with Gasteiger partial charge in [0.1, 0.15) is 10.6 Å². The van der Waals surface area contributed by atoms with Gasteiger partial charge in [0.05, 0.1) is 23.3 Å². The maximum Gasteiger partial charge on any atom is 0.269 e. The Kier molecular flexibility index (Phi) is 6.69. The largest absolute Gasteiger partial charge is 0.497 e. The zero-order chi connectivity index (χ0) is 22.1. The van der Waals surface area contributed by atoms with Gasteiger partial charge in [-0.2, -0.15) is 0 Å². The Morgan fingerprint density at radius 3 is 2.57 bits per heavy atom. The Hall–Kier alpha value is -2.16. The van der Waals surface area contributed by atoms with E-state index in [1.165, 1.54) is 17.1 Å². The van der Waals surface area contributed by atoms with Crippen molar-refractivity contribution >= 4 is 48.5 Å². The number of ether oxygens (including phenoxy) is 1. The van der Waals surface area contributed by atoms with Crippen LogP contribution >= 0.6 is 27.5 Å². The number of halogens is 2. The summed E-state index contributed by atoms with van der Waals surface area (Å²) in [6, 6.07) is 12.0. The van der Waals surface area contributed by atoms with Gasteiger partial charge in [-0.25, -0.2) is 12.4 Å². The number of methoxy groups -OCH3 is 1.